The lowest BCUT2D eigenvalue weighted by atomic mass is 10.1. The normalized spacial score (nSPS) is 16.6. The molecule has 1 aliphatic heterocycles. The van der Waals surface area contributed by atoms with E-state index in [9.17, 15) is 0 Å². The van der Waals surface area contributed by atoms with Crippen LogP contribution in [0.2, 0.25) is 0 Å². The molecule has 4 heteroatoms. The highest BCUT2D eigenvalue weighted by Crippen LogP contribution is 2.21. The van der Waals surface area contributed by atoms with Gasteiger partial charge in [-0.05, 0) is 17.7 Å². The van der Waals surface area contributed by atoms with Crippen LogP contribution in [0.15, 0.2) is 18.2 Å². The summed E-state index contributed by atoms with van der Waals surface area (Å²) in [7, 11) is 1.56. The van der Waals surface area contributed by atoms with E-state index in [1.807, 2.05) is 12.1 Å². The van der Waals surface area contributed by atoms with Gasteiger partial charge in [0.2, 0.25) is 0 Å². The smallest absolute Gasteiger partial charge is 0.136 e. The monoisotopic (exact) mass is 218 g/mol. The summed E-state index contributed by atoms with van der Waals surface area (Å²) in [5, 5.41) is 18.0. The molecule has 1 aromatic rings. The highest BCUT2D eigenvalue weighted by Gasteiger charge is 2.24. The lowest BCUT2D eigenvalue weighted by Gasteiger charge is -2.35. The minimum Gasteiger partial charge on any atom is -0.495 e. The summed E-state index contributed by atoms with van der Waals surface area (Å²) in [6, 6.07) is 7.65. The number of benzene rings is 1. The molecule has 0 radical (unpaired) electrons. The van der Waals surface area contributed by atoms with Crippen molar-refractivity contribution in [1.82, 2.24) is 4.90 Å². The van der Waals surface area contributed by atoms with Gasteiger partial charge in [0, 0.05) is 19.6 Å². The van der Waals surface area contributed by atoms with Gasteiger partial charge in [-0.3, -0.25) is 4.90 Å². The predicted molar refractivity (Wildman–Crippen MR) is 59.0 cm³/mol. The maximum Gasteiger partial charge on any atom is 0.136 e. The summed E-state index contributed by atoms with van der Waals surface area (Å²) in [5.41, 5.74) is 1.65. The molecule has 0 bridgehead atoms. The third-order valence-corrected chi connectivity index (χ3v) is 2.73. The first-order valence-electron chi connectivity index (χ1n) is 5.20. The average molecular weight is 218 g/mol. The Morgan fingerprint density at radius 3 is 2.88 bits per heavy atom. The van der Waals surface area contributed by atoms with Gasteiger partial charge in [-0.25, -0.2) is 0 Å². The fourth-order valence-electron chi connectivity index (χ4n) is 1.86. The minimum absolute atomic E-state index is 0.180. The number of nitrogens with zero attached hydrogens (tertiary/aromatic N) is 2. The number of methoxy groups -OCH3 is 1. The summed E-state index contributed by atoms with van der Waals surface area (Å²) < 4.78 is 5.14. The first kappa shape index (κ1) is 10.9. The Morgan fingerprint density at radius 2 is 2.31 bits per heavy atom. The van der Waals surface area contributed by atoms with Crippen molar-refractivity contribution < 1.29 is 9.84 Å². The van der Waals surface area contributed by atoms with Crippen LogP contribution >= 0.6 is 0 Å². The van der Waals surface area contributed by atoms with Gasteiger partial charge in [-0.2, -0.15) is 5.26 Å². The molecule has 0 unspecified atom stereocenters. The average Bonchev–Trinajstić information content (AvgIpc) is 2.27. The van der Waals surface area contributed by atoms with E-state index in [0.29, 0.717) is 11.3 Å². The first-order chi connectivity index (χ1) is 7.72. The van der Waals surface area contributed by atoms with Gasteiger partial charge in [-0.1, -0.05) is 6.07 Å². The van der Waals surface area contributed by atoms with Crippen LogP contribution in [0.5, 0.6) is 5.75 Å². The maximum absolute atomic E-state index is 9.17. The topological polar surface area (TPSA) is 56.5 Å². The Morgan fingerprint density at radius 1 is 1.56 bits per heavy atom. The molecular formula is C12H14N2O2. The van der Waals surface area contributed by atoms with Crippen molar-refractivity contribution in [3.63, 3.8) is 0 Å². The summed E-state index contributed by atoms with van der Waals surface area (Å²) in [4.78, 5) is 2.14. The van der Waals surface area contributed by atoms with E-state index >= 15 is 0 Å². The molecule has 1 aliphatic rings. The highest BCUT2D eigenvalue weighted by atomic mass is 16.5. The minimum atomic E-state index is -0.180. The quantitative estimate of drug-likeness (QED) is 0.813. The largest absolute Gasteiger partial charge is 0.495 e. The third kappa shape index (κ3) is 2.16. The molecule has 0 atom stereocenters. The Bertz CT molecular complexity index is 420. The van der Waals surface area contributed by atoms with Gasteiger partial charge < -0.3 is 9.84 Å². The molecule has 1 aromatic carbocycles. The van der Waals surface area contributed by atoms with Crippen LogP contribution in [0.1, 0.15) is 11.1 Å². The van der Waals surface area contributed by atoms with Crippen LogP contribution in [0.25, 0.3) is 0 Å². The molecule has 4 nitrogen and oxygen atoms in total. The number of likely N-dealkylation sites (tertiary alicyclic amines) is 1. The van der Waals surface area contributed by atoms with Crippen LogP contribution in [0.4, 0.5) is 0 Å². The molecule has 84 valence electrons. The van der Waals surface area contributed by atoms with Crippen molar-refractivity contribution in [3.8, 4) is 11.8 Å². The van der Waals surface area contributed by atoms with E-state index < -0.39 is 0 Å². The SMILES string of the molecule is COc1cc(CN2CC(O)C2)ccc1C#N. The second-order valence-corrected chi connectivity index (χ2v) is 3.99. The number of hydrogen-bond donors (Lipinski definition) is 1. The zero-order chi connectivity index (χ0) is 11.5. The lowest BCUT2D eigenvalue weighted by Crippen LogP contribution is -2.49. The number of aliphatic hydroxyl groups is 1. The molecule has 2 rings (SSSR count). The molecule has 1 saturated heterocycles. The second-order valence-electron chi connectivity index (χ2n) is 3.99. The number of hydrogen-bond acceptors (Lipinski definition) is 4. The van der Waals surface area contributed by atoms with Crippen LogP contribution in [0, 0.1) is 11.3 Å². The Balaban J connectivity index is 2.08. The Labute approximate surface area is 94.7 Å². The van der Waals surface area contributed by atoms with E-state index in [1.54, 1.807) is 13.2 Å². The van der Waals surface area contributed by atoms with Gasteiger partial charge in [0.15, 0.2) is 0 Å². The summed E-state index contributed by atoms with van der Waals surface area (Å²) >= 11 is 0. The fourth-order valence-corrected chi connectivity index (χ4v) is 1.86. The summed E-state index contributed by atoms with van der Waals surface area (Å²) in [6.45, 7) is 2.24. The van der Waals surface area contributed by atoms with Crippen molar-refractivity contribution in [2.24, 2.45) is 0 Å². The zero-order valence-corrected chi connectivity index (χ0v) is 9.18. The van der Waals surface area contributed by atoms with Gasteiger partial charge in [0.25, 0.3) is 0 Å². The molecule has 0 amide bonds. The van der Waals surface area contributed by atoms with Crippen molar-refractivity contribution in [3.05, 3.63) is 29.3 Å². The van der Waals surface area contributed by atoms with Crippen molar-refractivity contribution in [1.29, 1.82) is 5.26 Å². The van der Waals surface area contributed by atoms with Gasteiger partial charge >= 0.3 is 0 Å². The highest BCUT2D eigenvalue weighted by molar-refractivity contribution is 5.45. The molecule has 1 heterocycles. The van der Waals surface area contributed by atoms with Gasteiger partial charge in [0.1, 0.15) is 11.8 Å². The molecule has 0 aromatic heterocycles. The standard InChI is InChI=1S/C12H14N2O2/c1-16-12-4-9(2-3-10(12)5-13)6-14-7-11(15)8-14/h2-4,11,15H,6-8H2,1H3. The van der Waals surface area contributed by atoms with Crippen LogP contribution in [-0.4, -0.2) is 36.3 Å². The predicted octanol–water partition coefficient (Wildman–Crippen LogP) is 0.743. The first-order valence-corrected chi connectivity index (χ1v) is 5.20. The molecule has 0 spiro atoms. The Kier molecular flexibility index (Phi) is 3.09. The fraction of sp³-hybridized carbons (Fsp3) is 0.417. The van der Waals surface area contributed by atoms with Crippen molar-refractivity contribution >= 4 is 0 Å². The number of nitriles is 1. The van der Waals surface area contributed by atoms with Crippen LogP contribution in [0.3, 0.4) is 0 Å². The number of ether oxygens (including phenoxy) is 1. The summed E-state index contributed by atoms with van der Waals surface area (Å²) in [6.07, 6.45) is -0.180. The van der Waals surface area contributed by atoms with E-state index in [1.165, 1.54) is 0 Å². The van der Waals surface area contributed by atoms with Crippen molar-refractivity contribution in [2.45, 2.75) is 12.6 Å². The van der Waals surface area contributed by atoms with E-state index in [4.69, 9.17) is 15.1 Å². The third-order valence-electron chi connectivity index (χ3n) is 2.73. The zero-order valence-electron chi connectivity index (χ0n) is 9.18. The molecule has 0 saturated carbocycles. The van der Waals surface area contributed by atoms with Crippen LogP contribution < -0.4 is 4.74 Å². The van der Waals surface area contributed by atoms with Crippen molar-refractivity contribution in [2.75, 3.05) is 20.2 Å². The number of rotatable bonds is 3. The molecule has 16 heavy (non-hydrogen) atoms. The van der Waals surface area contributed by atoms with E-state index in [0.717, 1.165) is 25.2 Å². The van der Waals surface area contributed by atoms with Crippen LogP contribution in [-0.2, 0) is 6.54 Å². The van der Waals surface area contributed by atoms with Gasteiger partial charge in [0.05, 0.1) is 18.8 Å². The Hall–Kier alpha value is -1.57. The molecule has 0 aliphatic carbocycles. The second kappa shape index (κ2) is 4.52. The number of aliphatic hydroxyl groups excluding tert-OH is 1. The van der Waals surface area contributed by atoms with E-state index in [-0.39, 0.29) is 6.10 Å². The molecule has 1 fully saturated rings. The molecular weight excluding hydrogens is 204 g/mol. The number of β-amino-alcohol motifs (C(OH)–C–C–N with tert-alkyl or cyclic N) is 1. The van der Waals surface area contributed by atoms with Gasteiger partial charge in [-0.15, -0.1) is 0 Å². The van der Waals surface area contributed by atoms with E-state index in [2.05, 4.69) is 11.0 Å². The summed E-state index contributed by atoms with van der Waals surface area (Å²) in [5.74, 6) is 0.612. The lowest BCUT2D eigenvalue weighted by molar-refractivity contribution is -0.00288. The molecule has 1 N–H and O–H groups in total. The maximum atomic E-state index is 9.17.